The van der Waals surface area contributed by atoms with E-state index in [1.807, 2.05) is 0 Å². The van der Waals surface area contributed by atoms with Crippen LogP contribution in [0.3, 0.4) is 0 Å². The van der Waals surface area contributed by atoms with Crippen LogP contribution in [0, 0.1) is 0 Å². The molecule has 0 saturated carbocycles. The van der Waals surface area contributed by atoms with Crippen molar-refractivity contribution >= 4 is 11.9 Å². The lowest BCUT2D eigenvalue weighted by Gasteiger charge is -2.18. The summed E-state index contributed by atoms with van der Waals surface area (Å²) in [5.74, 6) is -1.93. The third kappa shape index (κ3) is 3.94. The van der Waals surface area contributed by atoms with E-state index in [0.717, 1.165) is 17.0 Å². The van der Waals surface area contributed by atoms with Gasteiger partial charge in [-0.1, -0.05) is 0 Å². The summed E-state index contributed by atoms with van der Waals surface area (Å²) in [7, 11) is 0. The van der Waals surface area contributed by atoms with Crippen molar-refractivity contribution in [2.45, 2.75) is 13.1 Å². The van der Waals surface area contributed by atoms with Crippen LogP contribution in [-0.4, -0.2) is 40.0 Å². The van der Waals surface area contributed by atoms with E-state index in [0.29, 0.717) is 6.20 Å². The average molecular weight is 276 g/mol. The van der Waals surface area contributed by atoms with Gasteiger partial charge in [-0.2, -0.15) is 13.2 Å². The van der Waals surface area contributed by atoms with Crippen molar-refractivity contribution in [1.82, 2.24) is 9.88 Å². The summed E-state index contributed by atoms with van der Waals surface area (Å²) in [6.07, 6.45) is -3.98. The highest BCUT2D eigenvalue weighted by molar-refractivity contribution is 5.94. The number of carboxylic acid groups (broad SMARTS) is 1. The molecule has 0 saturated heterocycles. The Hall–Kier alpha value is -2.12. The average Bonchev–Trinajstić information content (AvgIpc) is 2.34. The zero-order valence-electron chi connectivity index (χ0n) is 9.94. The fourth-order valence-corrected chi connectivity index (χ4v) is 1.34. The molecule has 0 aliphatic heterocycles. The molecule has 1 aromatic heterocycles. The molecular formula is C11H11F3N2O3. The number of aliphatic carboxylic acids is 1. The van der Waals surface area contributed by atoms with Crippen LogP contribution in [0.5, 0.6) is 0 Å². The minimum absolute atomic E-state index is 0.119. The number of likely N-dealkylation sites (N-methyl/N-ethyl adjacent to an activating group) is 1. The summed E-state index contributed by atoms with van der Waals surface area (Å²) < 4.78 is 36.9. The first-order chi connectivity index (χ1) is 8.75. The molecule has 0 bridgehead atoms. The van der Waals surface area contributed by atoms with Gasteiger partial charge in [0.2, 0.25) is 0 Å². The van der Waals surface area contributed by atoms with Crippen LogP contribution >= 0.6 is 0 Å². The quantitative estimate of drug-likeness (QED) is 0.907. The van der Waals surface area contributed by atoms with Gasteiger partial charge >= 0.3 is 12.1 Å². The van der Waals surface area contributed by atoms with E-state index in [1.54, 1.807) is 6.92 Å². The van der Waals surface area contributed by atoms with Crippen molar-refractivity contribution in [3.05, 3.63) is 29.6 Å². The molecule has 1 rings (SSSR count). The number of amides is 1. The van der Waals surface area contributed by atoms with Gasteiger partial charge in [0.1, 0.15) is 12.2 Å². The van der Waals surface area contributed by atoms with Gasteiger partial charge in [-0.3, -0.25) is 14.6 Å². The smallest absolute Gasteiger partial charge is 0.417 e. The topological polar surface area (TPSA) is 70.5 Å². The lowest BCUT2D eigenvalue weighted by molar-refractivity contribution is -0.138. The molecular weight excluding hydrogens is 265 g/mol. The van der Waals surface area contributed by atoms with Gasteiger partial charge in [-0.05, 0) is 19.1 Å². The second kappa shape index (κ2) is 5.68. The predicted molar refractivity (Wildman–Crippen MR) is 58.5 cm³/mol. The second-order valence-corrected chi connectivity index (χ2v) is 3.64. The molecule has 0 aliphatic rings. The number of carbonyl (C=O) groups excluding carboxylic acids is 1. The third-order valence-corrected chi connectivity index (χ3v) is 2.30. The van der Waals surface area contributed by atoms with E-state index in [-0.39, 0.29) is 12.2 Å². The molecule has 1 amide bonds. The van der Waals surface area contributed by atoms with E-state index < -0.39 is 30.2 Å². The zero-order valence-corrected chi connectivity index (χ0v) is 9.94. The highest BCUT2D eigenvalue weighted by Gasteiger charge is 2.31. The Morgan fingerprint density at radius 3 is 2.37 bits per heavy atom. The third-order valence-electron chi connectivity index (χ3n) is 2.30. The molecule has 0 aromatic carbocycles. The van der Waals surface area contributed by atoms with Crippen molar-refractivity contribution in [2.24, 2.45) is 0 Å². The standard InChI is InChI=1S/C11H11F3N2O3/c1-2-16(6-9(17)18)10(19)8-4-3-7(5-15-8)11(12,13)14/h3-5H,2,6H2,1H3,(H,17,18). The monoisotopic (exact) mass is 276 g/mol. The van der Waals surface area contributed by atoms with Gasteiger partial charge in [-0.15, -0.1) is 0 Å². The van der Waals surface area contributed by atoms with Gasteiger partial charge < -0.3 is 10.0 Å². The molecule has 0 spiro atoms. The summed E-state index contributed by atoms with van der Waals surface area (Å²) in [6.45, 7) is 1.15. The van der Waals surface area contributed by atoms with E-state index in [2.05, 4.69) is 4.98 Å². The van der Waals surface area contributed by atoms with Crippen LogP contribution in [-0.2, 0) is 11.0 Å². The van der Waals surface area contributed by atoms with Gasteiger partial charge in [0.25, 0.3) is 5.91 Å². The maximum Gasteiger partial charge on any atom is 0.417 e. The van der Waals surface area contributed by atoms with Gasteiger partial charge in [0.15, 0.2) is 0 Å². The van der Waals surface area contributed by atoms with E-state index in [1.165, 1.54) is 0 Å². The Bertz CT molecular complexity index is 471. The van der Waals surface area contributed by atoms with Crippen molar-refractivity contribution in [3.8, 4) is 0 Å². The molecule has 0 aliphatic carbocycles. The van der Waals surface area contributed by atoms with Crippen LogP contribution in [0.4, 0.5) is 13.2 Å². The number of alkyl halides is 3. The maximum atomic E-state index is 12.3. The lowest BCUT2D eigenvalue weighted by atomic mass is 10.2. The SMILES string of the molecule is CCN(CC(=O)O)C(=O)c1ccc(C(F)(F)F)cn1. The number of aromatic nitrogens is 1. The fourth-order valence-electron chi connectivity index (χ4n) is 1.34. The highest BCUT2D eigenvalue weighted by Crippen LogP contribution is 2.28. The summed E-state index contributed by atoms with van der Waals surface area (Å²) in [4.78, 5) is 26.7. The first-order valence-corrected chi connectivity index (χ1v) is 5.30. The summed E-state index contributed by atoms with van der Waals surface area (Å²) >= 11 is 0. The summed E-state index contributed by atoms with van der Waals surface area (Å²) in [5.41, 5.74) is -1.19. The minimum Gasteiger partial charge on any atom is -0.480 e. The van der Waals surface area contributed by atoms with Crippen LogP contribution in [0.2, 0.25) is 0 Å². The van der Waals surface area contributed by atoms with Crippen LogP contribution in [0.15, 0.2) is 18.3 Å². The number of halogens is 3. The molecule has 8 heteroatoms. The summed E-state index contributed by atoms with van der Waals surface area (Å²) in [6, 6.07) is 1.66. The Kier molecular flexibility index (Phi) is 4.47. The fraction of sp³-hybridized carbons (Fsp3) is 0.364. The van der Waals surface area contributed by atoms with Crippen molar-refractivity contribution in [1.29, 1.82) is 0 Å². The molecule has 0 radical (unpaired) electrons. The highest BCUT2D eigenvalue weighted by atomic mass is 19.4. The largest absolute Gasteiger partial charge is 0.480 e. The zero-order chi connectivity index (χ0) is 14.6. The van der Waals surface area contributed by atoms with Crippen molar-refractivity contribution in [2.75, 3.05) is 13.1 Å². The van der Waals surface area contributed by atoms with Crippen LogP contribution in [0.25, 0.3) is 0 Å². The normalized spacial score (nSPS) is 11.2. The Morgan fingerprint density at radius 2 is 2.00 bits per heavy atom. The number of nitrogens with zero attached hydrogens (tertiary/aromatic N) is 2. The van der Waals surface area contributed by atoms with Crippen molar-refractivity contribution in [3.63, 3.8) is 0 Å². The number of hydrogen-bond acceptors (Lipinski definition) is 3. The number of hydrogen-bond donors (Lipinski definition) is 1. The molecule has 19 heavy (non-hydrogen) atoms. The Balaban J connectivity index is 2.91. The Morgan fingerprint density at radius 1 is 1.37 bits per heavy atom. The molecule has 0 unspecified atom stereocenters. The van der Waals surface area contributed by atoms with Crippen LogP contribution in [0.1, 0.15) is 23.0 Å². The predicted octanol–water partition coefficient (Wildman–Crippen LogP) is 1.65. The minimum atomic E-state index is -4.53. The number of pyridine rings is 1. The first-order valence-electron chi connectivity index (χ1n) is 5.30. The molecule has 0 fully saturated rings. The molecule has 1 aromatic rings. The summed E-state index contributed by atoms with van der Waals surface area (Å²) in [5, 5.41) is 8.60. The number of carboxylic acids is 1. The Labute approximate surface area is 106 Å². The molecule has 1 N–H and O–H groups in total. The van der Waals surface area contributed by atoms with Gasteiger partial charge in [-0.25, -0.2) is 0 Å². The van der Waals surface area contributed by atoms with Crippen molar-refractivity contribution < 1.29 is 27.9 Å². The van der Waals surface area contributed by atoms with Gasteiger partial charge in [0.05, 0.1) is 5.56 Å². The first kappa shape index (κ1) is 14.9. The molecule has 1 heterocycles. The second-order valence-electron chi connectivity index (χ2n) is 3.64. The maximum absolute atomic E-state index is 12.3. The molecule has 104 valence electrons. The van der Waals surface area contributed by atoms with E-state index >= 15 is 0 Å². The lowest BCUT2D eigenvalue weighted by Crippen LogP contribution is -2.35. The number of rotatable bonds is 4. The molecule has 0 atom stereocenters. The van der Waals surface area contributed by atoms with E-state index in [4.69, 9.17) is 5.11 Å². The number of carbonyl (C=O) groups is 2. The molecule has 5 nitrogen and oxygen atoms in total. The van der Waals surface area contributed by atoms with E-state index in [9.17, 15) is 22.8 Å². The van der Waals surface area contributed by atoms with Gasteiger partial charge in [0, 0.05) is 12.7 Å². The van der Waals surface area contributed by atoms with Crippen LogP contribution < -0.4 is 0 Å².